The van der Waals surface area contributed by atoms with Crippen LogP contribution in [0.5, 0.6) is 0 Å². The summed E-state index contributed by atoms with van der Waals surface area (Å²) in [5.74, 6) is 5.96. The summed E-state index contributed by atoms with van der Waals surface area (Å²) in [6.45, 7) is 2.00. The van der Waals surface area contributed by atoms with E-state index in [1.807, 2.05) is 13.1 Å². The Morgan fingerprint density at radius 2 is 2.60 bits per heavy atom. The number of hydrogen-bond donors (Lipinski definition) is 0. The SMILES string of the molecule is Cc1cnc(C#CCCl)s1. The molecule has 1 aromatic heterocycles. The third kappa shape index (κ3) is 2.02. The Labute approximate surface area is 69.1 Å². The van der Waals surface area contributed by atoms with Gasteiger partial charge in [0.1, 0.15) is 0 Å². The Hall–Kier alpha value is -0.520. The lowest BCUT2D eigenvalue weighted by Gasteiger charge is -1.72. The van der Waals surface area contributed by atoms with Crippen molar-refractivity contribution >= 4 is 22.9 Å². The molecule has 0 aliphatic heterocycles. The quantitative estimate of drug-likeness (QED) is 0.430. The first-order valence-electron chi connectivity index (χ1n) is 2.80. The van der Waals surface area contributed by atoms with Crippen molar-refractivity contribution in [2.75, 3.05) is 5.88 Å². The summed E-state index contributed by atoms with van der Waals surface area (Å²) in [6.07, 6.45) is 1.81. The molecule has 0 fully saturated rings. The van der Waals surface area contributed by atoms with E-state index < -0.39 is 0 Å². The van der Waals surface area contributed by atoms with Crippen LogP contribution in [0.3, 0.4) is 0 Å². The molecule has 0 spiro atoms. The average Bonchev–Trinajstić information content (AvgIpc) is 2.31. The zero-order chi connectivity index (χ0) is 7.40. The smallest absolute Gasteiger partial charge is 0.167 e. The molecule has 52 valence electrons. The summed E-state index contributed by atoms with van der Waals surface area (Å²) < 4.78 is 0. The molecule has 0 saturated heterocycles. The van der Waals surface area contributed by atoms with E-state index in [1.165, 1.54) is 4.88 Å². The van der Waals surface area contributed by atoms with Crippen LogP contribution < -0.4 is 0 Å². The van der Waals surface area contributed by atoms with Crippen LogP contribution in [0.2, 0.25) is 0 Å². The van der Waals surface area contributed by atoms with Gasteiger partial charge in [-0.3, -0.25) is 0 Å². The monoisotopic (exact) mass is 171 g/mol. The molecule has 0 aliphatic rings. The normalized spacial score (nSPS) is 8.60. The first-order valence-corrected chi connectivity index (χ1v) is 4.15. The van der Waals surface area contributed by atoms with Crippen molar-refractivity contribution in [2.45, 2.75) is 6.92 Å². The van der Waals surface area contributed by atoms with Crippen LogP contribution in [0.15, 0.2) is 6.20 Å². The van der Waals surface area contributed by atoms with Gasteiger partial charge in [0.2, 0.25) is 0 Å². The van der Waals surface area contributed by atoms with Gasteiger partial charge in [-0.25, -0.2) is 4.98 Å². The summed E-state index contributed by atoms with van der Waals surface area (Å²) >= 11 is 6.95. The second-order valence-electron chi connectivity index (χ2n) is 1.71. The summed E-state index contributed by atoms with van der Waals surface area (Å²) in [5, 5.41) is 0.846. The number of aryl methyl sites for hydroxylation is 1. The van der Waals surface area contributed by atoms with Crippen LogP contribution in [-0.2, 0) is 0 Å². The van der Waals surface area contributed by atoms with Crippen LogP contribution in [0.4, 0.5) is 0 Å². The number of nitrogens with zero attached hydrogens (tertiary/aromatic N) is 1. The first-order chi connectivity index (χ1) is 4.83. The van der Waals surface area contributed by atoms with Gasteiger partial charge in [-0.1, -0.05) is 5.92 Å². The minimum Gasteiger partial charge on any atom is -0.236 e. The molecule has 0 aromatic carbocycles. The molecule has 3 heteroatoms. The van der Waals surface area contributed by atoms with Gasteiger partial charge in [-0.2, -0.15) is 0 Å². The fourth-order valence-electron chi connectivity index (χ4n) is 0.522. The van der Waals surface area contributed by atoms with Crippen LogP contribution >= 0.6 is 22.9 Å². The molecule has 0 N–H and O–H groups in total. The van der Waals surface area contributed by atoms with E-state index in [2.05, 4.69) is 16.8 Å². The van der Waals surface area contributed by atoms with E-state index in [1.54, 1.807) is 11.3 Å². The van der Waals surface area contributed by atoms with Crippen LogP contribution in [0, 0.1) is 18.8 Å². The van der Waals surface area contributed by atoms with Crippen molar-refractivity contribution in [3.63, 3.8) is 0 Å². The van der Waals surface area contributed by atoms with Crippen molar-refractivity contribution in [1.82, 2.24) is 4.98 Å². The Kier molecular flexibility index (Phi) is 2.73. The number of alkyl halides is 1. The summed E-state index contributed by atoms with van der Waals surface area (Å²) in [5.41, 5.74) is 0. The molecule has 0 unspecified atom stereocenters. The maximum Gasteiger partial charge on any atom is 0.167 e. The minimum atomic E-state index is 0.374. The highest BCUT2D eigenvalue weighted by Crippen LogP contribution is 2.08. The highest BCUT2D eigenvalue weighted by atomic mass is 35.5. The molecular weight excluding hydrogens is 166 g/mol. The number of hydrogen-bond acceptors (Lipinski definition) is 2. The van der Waals surface area contributed by atoms with Crippen molar-refractivity contribution in [3.05, 3.63) is 16.1 Å². The molecule has 1 aromatic rings. The molecule has 0 aliphatic carbocycles. The molecule has 1 rings (SSSR count). The van der Waals surface area contributed by atoms with Gasteiger partial charge in [0, 0.05) is 11.1 Å². The van der Waals surface area contributed by atoms with E-state index in [4.69, 9.17) is 11.6 Å². The Morgan fingerprint density at radius 3 is 3.10 bits per heavy atom. The zero-order valence-corrected chi connectivity index (χ0v) is 7.09. The van der Waals surface area contributed by atoms with Crippen LogP contribution in [0.25, 0.3) is 0 Å². The molecule has 0 saturated carbocycles. The van der Waals surface area contributed by atoms with Gasteiger partial charge >= 0.3 is 0 Å². The maximum absolute atomic E-state index is 5.36. The van der Waals surface area contributed by atoms with Crippen molar-refractivity contribution in [3.8, 4) is 11.8 Å². The van der Waals surface area contributed by atoms with Gasteiger partial charge < -0.3 is 0 Å². The first kappa shape index (κ1) is 7.59. The molecule has 0 radical (unpaired) electrons. The third-order valence-corrected chi connectivity index (χ3v) is 1.85. The lowest BCUT2D eigenvalue weighted by Crippen LogP contribution is -1.67. The highest BCUT2D eigenvalue weighted by molar-refractivity contribution is 7.12. The fourth-order valence-corrected chi connectivity index (χ4v) is 1.23. The second-order valence-corrected chi connectivity index (χ2v) is 3.21. The fraction of sp³-hybridized carbons (Fsp3) is 0.286. The molecule has 10 heavy (non-hydrogen) atoms. The minimum absolute atomic E-state index is 0.374. The van der Waals surface area contributed by atoms with Gasteiger partial charge in [0.05, 0.1) is 5.88 Å². The van der Waals surface area contributed by atoms with Gasteiger partial charge in [-0.05, 0) is 12.8 Å². The lowest BCUT2D eigenvalue weighted by molar-refractivity contribution is 1.36. The standard InChI is InChI=1S/C7H6ClNS/c1-6-5-9-7(10-6)3-2-4-8/h5H,4H2,1H3. The third-order valence-electron chi connectivity index (χ3n) is 0.883. The zero-order valence-electron chi connectivity index (χ0n) is 5.52. The van der Waals surface area contributed by atoms with Gasteiger partial charge in [0.25, 0.3) is 0 Å². The number of thiazole rings is 1. The van der Waals surface area contributed by atoms with E-state index >= 15 is 0 Å². The van der Waals surface area contributed by atoms with Gasteiger partial charge in [-0.15, -0.1) is 22.9 Å². The number of rotatable bonds is 0. The molecular formula is C7H6ClNS. The summed E-state index contributed by atoms with van der Waals surface area (Å²) in [7, 11) is 0. The Morgan fingerprint density at radius 1 is 1.80 bits per heavy atom. The summed E-state index contributed by atoms with van der Waals surface area (Å²) in [6, 6.07) is 0. The van der Waals surface area contributed by atoms with Crippen molar-refractivity contribution in [1.29, 1.82) is 0 Å². The predicted octanol–water partition coefficient (Wildman–Crippen LogP) is 2.04. The molecule has 1 nitrogen and oxygen atoms in total. The molecule has 0 bridgehead atoms. The average molecular weight is 172 g/mol. The van der Waals surface area contributed by atoms with E-state index in [0.29, 0.717) is 5.88 Å². The topological polar surface area (TPSA) is 12.9 Å². The Bertz CT molecular complexity index is 269. The summed E-state index contributed by atoms with van der Waals surface area (Å²) in [4.78, 5) is 5.22. The van der Waals surface area contributed by atoms with E-state index in [9.17, 15) is 0 Å². The molecule has 0 atom stereocenters. The van der Waals surface area contributed by atoms with E-state index in [0.717, 1.165) is 5.01 Å². The highest BCUT2D eigenvalue weighted by Gasteiger charge is 1.90. The molecule has 0 amide bonds. The van der Waals surface area contributed by atoms with Crippen molar-refractivity contribution < 1.29 is 0 Å². The number of halogens is 1. The van der Waals surface area contributed by atoms with Crippen molar-refractivity contribution in [2.24, 2.45) is 0 Å². The Balaban J connectivity index is 2.76. The maximum atomic E-state index is 5.36. The lowest BCUT2D eigenvalue weighted by atomic mass is 10.6. The van der Waals surface area contributed by atoms with Crippen LogP contribution in [-0.4, -0.2) is 10.9 Å². The number of aromatic nitrogens is 1. The second kappa shape index (κ2) is 3.60. The van der Waals surface area contributed by atoms with Crippen LogP contribution in [0.1, 0.15) is 9.88 Å². The van der Waals surface area contributed by atoms with E-state index in [-0.39, 0.29) is 0 Å². The largest absolute Gasteiger partial charge is 0.236 e. The van der Waals surface area contributed by atoms with Gasteiger partial charge in [0.15, 0.2) is 5.01 Å². The molecule has 1 heterocycles. The predicted molar refractivity (Wildman–Crippen MR) is 44.4 cm³/mol.